The zero-order valence-corrected chi connectivity index (χ0v) is 11.8. The first kappa shape index (κ1) is 11.6. The Kier molecular flexibility index (Phi) is 2.22. The molecule has 0 bridgehead atoms. The Labute approximate surface area is 127 Å². The summed E-state index contributed by atoms with van der Waals surface area (Å²) in [5, 5.41) is 5.84. The average Bonchev–Trinajstić information content (AvgIpc) is 2.95. The van der Waals surface area contributed by atoms with Gasteiger partial charge in [0.15, 0.2) is 0 Å². The van der Waals surface area contributed by atoms with Crippen molar-refractivity contribution in [3.8, 4) is 0 Å². The molecular formula is C19H13N3. The smallest absolute Gasteiger partial charge is 0.0796 e. The lowest BCUT2D eigenvalue weighted by atomic mass is 10.1. The van der Waals surface area contributed by atoms with E-state index in [9.17, 15) is 0 Å². The number of anilines is 2. The molecule has 3 heterocycles. The minimum atomic E-state index is 1.04. The Morgan fingerprint density at radius 2 is 1.82 bits per heavy atom. The van der Waals surface area contributed by atoms with E-state index in [2.05, 4.69) is 63.8 Å². The lowest BCUT2D eigenvalue weighted by molar-refractivity contribution is 1.36. The van der Waals surface area contributed by atoms with Crippen molar-refractivity contribution < 1.29 is 0 Å². The number of nitrogens with one attached hydrogen (secondary N) is 2. The first-order chi connectivity index (χ1) is 10.9. The average molecular weight is 283 g/mol. The molecule has 2 aromatic heterocycles. The maximum Gasteiger partial charge on any atom is 0.0796 e. The van der Waals surface area contributed by atoms with Crippen molar-refractivity contribution in [2.75, 3.05) is 5.32 Å². The summed E-state index contributed by atoms with van der Waals surface area (Å²) in [6.45, 7) is 0. The predicted octanol–water partition coefficient (Wildman–Crippen LogP) is 4.94. The van der Waals surface area contributed by atoms with E-state index in [0.717, 1.165) is 33.5 Å². The van der Waals surface area contributed by atoms with Gasteiger partial charge in [-0.15, -0.1) is 0 Å². The SMILES string of the molecule is C1=Cc2[nH]c3ccc4ccnc4c3cc2Nc2ccccc21. The summed E-state index contributed by atoms with van der Waals surface area (Å²) in [5.74, 6) is 0. The lowest BCUT2D eigenvalue weighted by Crippen LogP contribution is -1.95. The van der Waals surface area contributed by atoms with Crippen molar-refractivity contribution in [1.29, 1.82) is 0 Å². The van der Waals surface area contributed by atoms with E-state index in [1.54, 1.807) is 0 Å². The number of hydrogen-bond acceptors (Lipinski definition) is 2. The molecule has 3 heteroatoms. The predicted molar refractivity (Wildman–Crippen MR) is 92.3 cm³/mol. The summed E-state index contributed by atoms with van der Waals surface area (Å²) in [6.07, 6.45) is 6.12. The Hall–Kier alpha value is -3.07. The summed E-state index contributed by atoms with van der Waals surface area (Å²) in [6, 6.07) is 16.8. The van der Waals surface area contributed by atoms with Crippen molar-refractivity contribution in [2.45, 2.75) is 0 Å². The Bertz CT molecular complexity index is 1060. The molecule has 3 nitrogen and oxygen atoms in total. The van der Waals surface area contributed by atoms with Crippen LogP contribution in [-0.4, -0.2) is 9.97 Å². The first-order valence-corrected chi connectivity index (χ1v) is 7.33. The zero-order chi connectivity index (χ0) is 14.5. The summed E-state index contributed by atoms with van der Waals surface area (Å²) < 4.78 is 0. The van der Waals surface area contributed by atoms with Crippen LogP contribution in [0.5, 0.6) is 0 Å². The highest BCUT2D eigenvalue weighted by Gasteiger charge is 2.11. The molecule has 104 valence electrons. The molecule has 0 aliphatic carbocycles. The van der Waals surface area contributed by atoms with Gasteiger partial charge in [-0.2, -0.15) is 0 Å². The third-order valence-corrected chi connectivity index (χ3v) is 4.21. The van der Waals surface area contributed by atoms with Crippen LogP contribution < -0.4 is 5.32 Å². The maximum atomic E-state index is 4.50. The Morgan fingerprint density at radius 1 is 0.864 bits per heavy atom. The van der Waals surface area contributed by atoms with Crippen LogP contribution in [0.25, 0.3) is 34.0 Å². The van der Waals surface area contributed by atoms with Crippen LogP contribution in [-0.2, 0) is 0 Å². The van der Waals surface area contributed by atoms with E-state index in [0.29, 0.717) is 0 Å². The van der Waals surface area contributed by atoms with Crippen molar-refractivity contribution in [3.63, 3.8) is 0 Å². The largest absolute Gasteiger partial charge is 0.353 e. The van der Waals surface area contributed by atoms with Crippen molar-refractivity contribution >= 4 is 45.3 Å². The number of hydrogen-bond donors (Lipinski definition) is 2. The van der Waals surface area contributed by atoms with Gasteiger partial charge in [0.05, 0.1) is 16.9 Å². The molecule has 2 N–H and O–H groups in total. The van der Waals surface area contributed by atoms with Crippen LogP contribution in [0.2, 0.25) is 0 Å². The van der Waals surface area contributed by atoms with Crippen LogP contribution in [0.15, 0.2) is 54.7 Å². The normalized spacial score (nSPS) is 12.7. The summed E-state index contributed by atoms with van der Waals surface area (Å²) >= 11 is 0. The van der Waals surface area contributed by atoms with Gasteiger partial charge in [0, 0.05) is 28.2 Å². The number of aromatic amines is 1. The Morgan fingerprint density at radius 3 is 2.82 bits per heavy atom. The lowest BCUT2D eigenvalue weighted by Gasteiger charge is -2.11. The van der Waals surface area contributed by atoms with Crippen LogP contribution in [0.4, 0.5) is 11.4 Å². The molecule has 0 amide bonds. The molecule has 0 atom stereocenters. The Balaban J connectivity index is 1.82. The third kappa shape index (κ3) is 1.59. The van der Waals surface area contributed by atoms with Crippen molar-refractivity contribution in [2.24, 2.45) is 0 Å². The summed E-state index contributed by atoms with van der Waals surface area (Å²) in [5.41, 5.74) is 6.60. The molecule has 0 unspecified atom stereocenters. The number of rotatable bonds is 0. The van der Waals surface area contributed by atoms with Gasteiger partial charge in [0.2, 0.25) is 0 Å². The topological polar surface area (TPSA) is 40.7 Å². The van der Waals surface area contributed by atoms with Gasteiger partial charge >= 0.3 is 0 Å². The number of para-hydroxylation sites is 1. The molecule has 4 aromatic rings. The van der Waals surface area contributed by atoms with Crippen molar-refractivity contribution in [1.82, 2.24) is 9.97 Å². The summed E-state index contributed by atoms with van der Waals surface area (Å²) in [7, 11) is 0. The molecule has 1 aliphatic heterocycles. The monoisotopic (exact) mass is 283 g/mol. The van der Waals surface area contributed by atoms with Gasteiger partial charge in [-0.25, -0.2) is 0 Å². The van der Waals surface area contributed by atoms with E-state index in [1.165, 1.54) is 10.9 Å². The molecule has 0 spiro atoms. The molecular weight excluding hydrogens is 270 g/mol. The minimum Gasteiger partial charge on any atom is -0.353 e. The maximum absolute atomic E-state index is 4.50. The van der Waals surface area contributed by atoms with E-state index in [4.69, 9.17) is 0 Å². The molecule has 0 saturated carbocycles. The fourth-order valence-electron chi connectivity index (χ4n) is 3.09. The number of nitrogens with zero attached hydrogens (tertiary/aromatic N) is 1. The second-order valence-electron chi connectivity index (χ2n) is 5.55. The molecule has 2 aromatic carbocycles. The molecule has 0 saturated heterocycles. The molecule has 0 fully saturated rings. The van der Waals surface area contributed by atoms with E-state index < -0.39 is 0 Å². The molecule has 1 aliphatic rings. The fraction of sp³-hybridized carbons (Fsp3) is 0. The van der Waals surface area contributed by atoms with Crippen LogP contribution in [0, 0.1) is 0 Å². The number of fused-ring (bicyclic) bond motifs is 5. The van der Waals surface area contributed by atoms with Crippen molar-refractivity contribution in [3.05, 3.63) is 66.0 Å². The molecule has 5 rings (SSSR count). The van der Waals surface area contributed by atoms with Crippen LogP contribution >= 0.6 is 0 Å². The summed E-state index contributed by atoms with van der Waals surface area (Å²) in [4.78, 5) is 8.01. The van der Waals surface area contributed by atoms with Gasteiger partial charge in [-0.05, 0) is 35.9 Å². The number of H-pyrrole nitrogens is 1. The fourth-order valence-corrected chi connectivity index (χ4v) is 3.09. The highest BCUT2D eigenvalue weighted by molar-refractivity contribution is 6.06. The van der Waals surface area contributed by atoms with Gasteiger partial charge in [-0.3, -0.25) is 4.98 Å². The van der Waals surface area contributed by atoms with Gasteiger partial charge in [0.1, 0.15) is 0 Å². The minimum absolute atomic E-state index is 1.04. The van der Waals surface area contributed by atoms with Gasteiger partial charge < -0.3 is 10.3 Å². The second kappa shape index (κ2) is 4.21. The van der Waals surface area contributed by atoms with Gasteiger partial charge in [-0.1, -0.05) is 30.3 Å². The molecule has 0 radical (unpaired) electrons. The van der Waals surface area contributed by atoms with Gasteiger partial charge in [0.25, 0.3) is 0 Å². The zero-order valence-electron chi connectivity index (χ0n) is 11.8. The quantitative estimate of drug-likeness (QED) is 0.422. The molecule has 22 heavy (non-hydrogen) atoms. The number of aromatic nitrogens is 2. The number of pyridine rings is 1. The second-order valence-corrected chi connectivity index (χ2v) is 5.55. The van der Waals surface area contributed by atoms with E-state index >= 15 is 0 Å². The standard InChI is InChI=1S/C19H13N3/c1-2-4-15-12(3-1)5-8-17-18(21-15)11-14-16(22-17)7-6-13-9-10-20-19(13)14/h1-11,21-22H. The van der Waals surface area contributed by atoms with Crippen LogP contribution in [0.1, 0.15) is 11.3 Å². The van der Waals surface area contributed by atoms with E-state index in [-0.39, 0.29) is 0 Å². The highest BCUT2D eigenvalue weighted by Crippen LogP contribution is 2.33. The number of benzene rings is 2. The highest BCUT2D eigenvalue weighted by atomic mass is 14.9. The first-order valence-electron chi connectivity index (χ1n) is 7.33. The van der Waals surface area contributed by atoms with E-state index in [1.807, 2.05) is 18.3 Å². The third-order valence-electron chi connectivity index (χ3n) is 4.21. The van der Waals surface area contributed by atoms with Crippen LogP contribution in [0.3, 0.4) is 0 Å².